The van der Waals surface area contributed by atoms with Gasteiger partial charge < -0.3 is 15.6 Å². The number of nitrogen functional groups attached to an aromatic ring is 1. The number of nitrogens with zero attached hydrogens (tertiary/aromatic N) is 1. The number of hydrogen-bond donors (Lipinski definition) is 4. The van der Waals surface area contributed by atoms with Crippen molar-refractivity contribution in [2.45, 2.75) is 18.7 Å². The van der Waals surface area contributed by atoms with Crippen molar-refractivity contribution in [2.24, 2.45) is 5.84 Å². The molecule has 1 rings (SSSR count). The molecule has 5 N–H and O–H groups in total. The molecule has 0 unspecified atom stereocenters. The second-order valence-electron chi connectivity index (χ2n) is 4.43. The molecule has 0 saturated heterocycles. The minimum absolute atomic E-state index is 0.0569. The fraction of sp³-hybridized carbons (Fsp3) is 0.500. The van der Waals surface area contributed by atoms with Crippen LogP contribution in [0.2, 0.25) is 0 Å². The SMILES string of the molecule is Cc1cc(NN)cc(C)c1S(=O)(=O)N(CCO)CCO. The highest BCUT2D eigenvalue weighted by molar-refractivity contribution is 7.89. The zero-order valence-electron chi connectivity index (χ0n) is 11.6. The fourth-order valence-electron chi connectivity index (χ4n) is 2.14. The van der Waals surface area contributed by atoms with Crippen LogP contribution >= 0.6 is 0 Å². The van der Waals surface area contributed by atoms with Crippen LogP contribution in [0.3, 0.4) is 0 Å². The van der Waals surface area contributed by atoms with Crippen LogP contribution in [0.15, 0.2) is 17.0 Å². The van der Waals surface area contributed by atoms with Gasteiger partial charge in [-0.2, -0.15) is 4.31 Å². The Labute approximate surface area is 119 Å². The van der Waals surface area contributed by atoms with E-state index in [1.807, 2.05) is 0 Å². The van der Waals surface area contributed by atoms with Gasteiger partial charge in [0.2, 0.25) is 10.0 Å². The number of benzene rings is 1. The molecule has 7 nitrogen and oxygen atoms in total. The van der Waals surface area contributed by atoms with Gasteiger partial charge in [0.15, 0.2) is 0 Å². The Bertz CT molecular complexity index is 531. The van der Waals surface area contributed by atoms with Crippen LogP contribution < -0.4 is 11.3 Å². The van der Waals surface area contributed by atoms with Gasteiger partial charge in [0, 0.05) is 18.8 Å². The predicted octanol–water partition coefficient (Wildman–Crippen LogP) is -0.436. The molecule has 114 valence electrons. The standard InChI is InChI=1S/C12H21N3O4S/c1-9-7-11(14-13)8-10(2)12(9)20(18,19)15(3-5-16)4-6-17/h7-8,14,16-17H,3-6,13H2,1-2H3. The zero-order valence-corrected chi connectivity index (χ0v) is 12.4. The number of aliphatic hydroxyl groups excluding tert-OH is 2. The number of nitrogens with one attached hydrogen (secondary N) is 1. The third kappa shape index (κ3) is 3.47. The Morgan fingerprint density at radius 3 is 1.95 bits per heavy atom. The van der Waals surface area contributed by atoms with E-state index in [2.05, 4.69) is 5.43 Å². The summed E-state index contributed by atoms with van der Waals surface area (Å²) >= 11 is 0. The van der Waals surface area contributed by atoms with Crippen molar-refractivity contribution in [2.75, 3.05) is 31.7 Å². The minimum atomic E-state index is -3.77. The summed E-state index contributed by atoms with van der Waals surface area (Å²) in [4.78, 5) is 0.179. The van der Waals surface area contributed by atoms with Crippen molar-refractivity contribution in [3.8, 4) is 0 Å². The van der Waals surface area contributed by atoms with Crippen molar-refractivity contribution in [3.63, 3.8) is 0 Å². The summed E-state index contributed by atoms with van der Waals surface area (Å²) in [5, 5.41) is 18.0. The van der Waals surface area contributed by atoms with Crippen LogP contribution in [0.5, 0.6) is 0 Å². The van der Waals surface area contributed by atoms with Gasteiger partial charge in [-0.15, -0.1) is 0 Å². The predicted molar refractivity (Wildman–Crippen MR) is 76.7 cm³/mol. The minimum Gasteiger partial charge on any atom is -0.395 e. The van der Waals surface area contributed by atoms with E-state index >= 15 is 0 Å². The summed E-state index contributed by atoms with van der Waals surface area (Å²) in [5.41, 5.74) is 4.21. The molecule has 20 heavy (non-hydrogen) atoms. The quantitative estimate of drug-likeness (QED) is 0.401. The van der Waals surface area contributed by atoms with E-state index < -0.39 is 10.0 Å². The molecule has 0 spiro atoms. The average molecular weight is 303 g/mol. The molecule has 0 aromatic heterocycles. The van der Waals surface area contributed by atoms with Gasteiger partial charge in [0.05, 0.1) is 18.1 Å². The van der Waals surface area contributed by atoms with E-state index in [0.717, 1.165) is 4.31 Å². The van der Waals surface area contributed by atoms with Gasteiger partial charge in [-0.25, -0.2) is 8.42 Å². The van der Waals surface area contributed by atoms with Crippen molar-refractivity contribution < 1.29 is 18.6 Å². The highest BCUT2D eigenvalue weighted by Gasteiger charge is 2.27. The first-order chi connectivity index (χ1) is 9.38. The number of hydrogen-bond acceptors (Lipinski definition) is 6. The van der Waals surface area contributed by atoms with Gasteiger partial charge >= 0.3 is 0 Å². The van der Waals surface area contributed by atoms with Crippen molar-refractivity contribution in [3.05, 3.63) is 23.3 Å². The Balaban J connectivity index is 3.33. The molecule has 0 aliphatic rings. The van der Waals surface area contributed by atoms with Crippen LogP contribution in [0.1, 0.15) is 11.1 Å². The van der Waals surface area contributed by atoms with Crippen LogP contribution in [0, 0.1) is 13.8 Å². The average Bonchev–Trinajstić information content (AvgIpc) is 2.37. The Morgan fingerprint density at radius 1 is 1.15 bits per heavy atom. The molecule has 0 atom stereocenters. The number of rotatable bonds is 7. The van der Waals surface area contributed by atoms with Crippen LogP contribution in [0.4, 0.5) is 5.69 Å². The van der Waals surface area contributed by atoms with Gasteiger partial charge in [-0.05, 0) is 37.1 Å². The lowest BCUT2D eigenvalue weighted by Gasteiger charge is -2.23. The third-order valence-corrected chi connectivity index (χ3v) is 5.13. The second-order valence-corrected chi connectivity index (χ2v) is 6.31. The summed E-state index contributed by atoms with van der Waals surface area (Å²) in [6, 6.07) is 3.27. The fourth-order valence-corrected chi connectivity index (χ4v) is 3.98. The van der Waals surface area contributed by atoms with Gasteiger partial charge in [-0.3, -0.25) is 5.84 Å². The summed E-state index contributed by atoms with van der Waals surface area (Å²) in [6.45, 7) is 2.63. The topological polar surface area (TPSA) is 116 Å². The van der Waals surface area contributed by atoms with E-state index in [1.54, 1.807) is 26.0 Å². The molecule has 1 aromatic carbocycles. The molecular weight excluding hydrogens is 282 g/mol. The summed E-state index contributed by atoms with van der Waals surface area (Å²) in [5.74, 6) is 5.33. The summed E-state index contributed by atoms with van der Waals surface area (Å²) < 4.78 is 26.3. The highest BCUT2D eigenvalue weighted by atomic mass is 32.2. The summed E-state index contributed by atoms with van der Waals surface area (Å²) in [7, 11) is -3.77. The van der Waals surface area contributed by atoms with Crippen LogP contribution in [-0.4, -0.2) is 49.2 Å². The first kappa shape index (κ1) is 16.9. The number of sulfonamides is 1. The molecule has 0 radical (unpaired) electrons. The molecule has 0 aliphatic heterocycles. The lowest BCUT2D eigenvalue weighted by molar-refractivity contribution is 0.217. The third-order valence-electron chi connectivity index (χ3n) is 2.92. The van der Waals surface area contributed by atoms with E-state index in [0.29, 0.717) is 16.8 Å². The van der Waals surface area contributed by atoms with Crippen molar-refractivity contribution in [1.82, 2.24) is 4.31 Å². The molecule has 0 fully saturated rings. The van der Waals surface area contributed by atoms with E-state index in [-0.39, 0.29) is 31.2 Å². The van der Waals surface area contributed by atoms with Crippen molar-refractivity contribution in [1.29, 1.82) is 0 Å². The second kappa shape index (κ2) is 7.00. The molecule has 0 bridgehead atoms. The molecule has 8 heteroatoms. The monoisotopic (exact) mass is 303 g/mol. The molecule has 0 amide bonds. The number of anilines is 1. The Kier molecular flexibility index (Phi) is 5.90. The first-order valence-corrected chi connectivity index (χ1v) is 7.62. The van der Waals surface area contributed by atoms with Crippen LogP contribution in [-0.2, 0) is 10.0 Å². The molecule has 0 saturated carbocycles. The molecule has 0 heterocycles. The largest absolute Gasteiger partial charge is 0.395 e. The number of nitrogens with two attached hydrogens (primary N) is 1. The van der Waals surface area contributed by atoms with E-state index in [1.165, 1.54) is 0 Å². The number of aryl methyl sites for hydroxylation is 2. The smallest absolute Gasteiger partial charge is 0.243 e. The van der Waals surface area contributed by atoms with Gasteiger partial charge in [0.25, 0.3) is 0 Å². The Morgan fingerprint density at radius 2 is 1.60 bits per heavy atom. The Hall–Kier alpha value is -1.19. The highest BCUT2D eigenvalue weighted by Crippen LogP contribution is 2.26. The lowest BCUT2D eigenvalue weighted by Crippen LogP contribution is -2.36. The number of hydrazine groups is 1. The van der Waals surface area contributed by atoms with E-state index in [4.69, 9.17) is 16.1 Å². The molecule has 0 aliphatic carbocycles. The van der Waals surface area contributed by atoms with Gasteiger partial charge in [0.1, 0.15) is 0 Å². The normalized spacial score (nSPS) is 11.9. The lowest BCUT2D eigenvalue weighted by atomic mass is 10.1. The van der Waals surface area contributed by atoms with E-state index in [9.17, 15) is 8.42 Å². The molecule has 1 aromatic rings. The number of aliphatic hydroxyl groups is 2. The first-order valence-electron chi connectivity index (χ1n) is 6.18. The zero-order chi connectivity index (χ0) is 15.3. The van der Waals surface area contributed by atoms with Gasteiger partial charge in [-0.1, -0.05) is 0 Å². The summed E-state index contributed by atoms with van der Waals surface area (Å²) in [6.07, 6.45) is 0. The van der Waals surface area contributed by atoms with Crippen LogP contribution in [0.25, 0.3) is 0 Å². The molecular formula is C12H21N3O4S. The maximum absolute atomic E-state index is 12.6. The van der Waals surface area contributed by atoms with Crippen molar-refractivity contribution >= 4 is 15.7 Å². The maximum atomic E-state index is 12.6. The maximum Gasteiger partial charge on any atom is 0.243 e.